The number of halogens is 3. The lowest BCUT2D eigenvalue weighted by Crippen LogP contribution is -2.39. The van der Waals surface area contributed by atoms with Gasteiger partial charge in [0, 0.05) is 56.0 Å². The molecule has 9 heteroatoms. The normalized spacial score (nSPS) is 11.3. The maximum Gasteiger partial charge on any atom is 0.226 e. The van der Waals surface area contributed by atoms with E-state index in [9.17, 15) is 4.39 Å². The molecule has 0 aliphatic heterocycles. The number of benzene rings is 1. The highest BCUT2D eigenvalue weighted by atomic mass is 127. The highest BCUT2D eigenvalue weighted by Gasteiger charge is 2.11. The van der Waals surface area contributed by atoms with E-state index in [1.54, 1.807) is 25.4 Å². The topological polar surface area (TPSA) is 58.6 Å². The maximum absolute atomic E-state index is 13.0. The second-order valence-electron chi connectivity index (χ2n) is 6.49. The molecule has 0 saturated heterocycles. The SMILES string of the molecule is CN=C(NCCc1coc(-c2ccc(F)cc2)n1)N(C)Cc1cc(Br)cn1C.I. The summed E-state index contributed by atoms with van der Waals surface area (Å²) >= 11 is 3.50. The van der Waals surface area contributed by atoms with Crippen molar-refractivity contribution in [2.24, 2.45) is 12.0 Å². The van der Waals surface area contributed by atoms with Gasteiger partial charge in [-0.15, -0.1) is 24.0 Å². The number of rotatable bonds is 6. The molecule has 2 aromatic heterocycles. The standard InChI is InChI=1S/C20H23BrFN5O.HI/c1-23-20(27(3)12-18-10-15(21)11-26(18)2)24-9-8-17-13-28-19(25-17)14-4-6-16(22)7-5-14;/h4-7,10-11,13H,8-9,12H2,1-3H3,(H,23,24);1H. The maximum atomic E-state index is 13.0. The first-order valence-electron chi connectivity index (χ1n) is 8.89. The minimum atomic E-state index is -0.280. The summed E-state index contributed by atoms with van der Waals surface area (Å²) in [5, 5.41) is 3.34. The Morgan fingerprint density at radius 1 is 1.34 bits per heavy atom. The third-order valence-corrected chi connectivity index (χ3v) is 4.79. The number of hydrogen-bond donors (Lipinski definition) is 1. The summed E-state index contributed by atoms with van der Waals surface area (Å²) in [4.78, 5) is 10.9. The van der Waals surface area contributed by atoms with Gasteiger partial charge in [0.2, 0.25) is 5.89 Å². The van der Waals surface area contributed by atoms with Crippen LogP contribution in [0.1, 0.15) is 11.4 Å². The van der Waals surface area contributed by atoms with Crippen LogP contribution in [0.4, 0.5) is 4.39 Å². The lowest BCUT2D eigenvalue weighted by atomic mass is 10.2. The van der Waals surface area contributed by atoms with E-state index in [-0.39, 0.29) is 29.8 Å². The smallest absolute Gasteiger partial charge is 0.226 e. The van der Waals surface area contributed by atoms with Crippen molar-refractivity contribution in [1.29, 1.82) is 0 Å². The van der Waals surface area contributed by atoms with Crippen LogP contribution in [-0.2, 0) is 20.0 Å². The molecule has 6 nitrogen and oxygen atoms in total. The zero-order valence-electron chi connectivity index (χ0n) is 16.5. The Bertz CT molecular complexity index is 954. The second-order valence-corrected chi connectivity index (χ2v) is 7.41. The third kappa shape index (κ3) is 6.30. The number of oxazole rings is 1. The van der Waals surface area contributed by atoms with Crippen molar-refractivity contribution >= 4 is 45.9 Å². The fourth-order valence-electron chi connectivity index (χ4n) is 2.88. The minimum Gasteiger partial charge on any atom is -0.444 e. The van der Waals surface area contributed by atoms with Gasteiger partial charge >= 0.3 is 0 Å². The van der Waals surface area contributed by atoms with E-state index in [2.05, 4.69) is 46.8 Å². The molecule has 0 unspecified atom stereocenters. The molecule has 3 aromatic rings. The molecule has 0 saturated carbocycles. The Morgan fingerprint density at radius 3 is 2.69 bits per heavy atom. The van der Waals surface area contributed by atoms with Crippen molar-refractivity contribution in [3.63, 3.8) is 0 Å². The Balaban J connectivity index is 0.00000300. The number of nitrogens with one attached hydrogen (secondary N) is 1. The van der Waals surface area contributed by atoms with Gasteiger partial charge in [-0.05, 0) is 46.3 Å². The van der Waals surface area contributed by atoms with Gasteiger partial charge < -0.3 is 19.2 Å². The molecule has 0 bridgehead atoms. The molecule has 0 spiro atoms. The number of aryl methyl sites for hydroxylation is 1. The summed E-state index contributed by atoms with van der Waals surface area (Å²) < 4.78 is 21.7. The van der Waals surface area contributed by atoms with Crippen LogP contribution in [0.15, 0.2) is 56.7 Å². The molecule has 0 fully saturated rings. The van der Waals surface area contributed by atoms with E-state index in [0.29, 0.717) is 18.9 Å². The van der Waals surface area contributed by atoms with E-state index < -0.39 is 0 Å². The fraction of sp³-hybridized carbons (Fsp3) is 0.300. The van der Waals surface area contributed by atoms with E-state index in [4.69, 9.17) is 4.42 Å². The third-order valence-electron chi connectivity index (χ3n) is 4.35. The Hall–Kier alpha value is -1.88. The first-order chi connectivity index (χ1) is 13.5. The first-order valence-corrected chi connectivity index (χ1v) is 9.68. The van der Waals surface area contributed by atoms with Gasteiger partial charge in [-0.3, -0.25) is 4.99 Å². The number of aliphatic imine (C=N–C) groups is 1. The van der Waals surface area contributed by atoms with E-state index in [1.165, 1.54) is 17.8 Å². The molecule has 29 heavy (non-hydrogen) atoms. The van der Waals surface area contributed by atoms with Crippen LogP contribution in [-0.4, -0.2) is 41.1 Å². The second kappa shape index (κ2) is 10.8. The summed E-state index contributed by atoms with van der Waals surface area (Å²) in [5.74, 6) is 1.02. The van der Waals surface area contributed by atoms with Gasteiger partial charge in [-0.1, -0.05) is 0 Å². The van der Waals surface area contributed by atoms with Gasteiger partial charge in [0.15, 0.2) is 5.96 Å². The Labute approximate surface area is 195 Å². The molecule has 0 aliphatic rings. The van der Waals surface area contributed by atoms with Crippen LogP contribution in [0.2, 0.25) is 0 Å². The average molecular weight is 576 g/mol. The highest BCUT2D eigenvalue weighted by molar-refractivity contribution is 14.0. The van der Waals surface area contributed by atoms with Crippen LogP contribution in [0.3, 0.4) is 0 Å². The number of aromatic nitrogens is 2. The molecular weight excluding hydrogens is 552 g/mol. The van der Waals surface area contributed by atoms with Crippen molar-refractivity contribution < 1.29 is 8.81 Å². The monoisotopic (exact) mass is 575 g/mol. The van der Waals surface area contributed by atoms with E-state index in [0.717, 1.165) is 28.2 Å². The minimum absolute atomic E-state index is 0. The molecule has 1 aromatic carbocycles. The van der Waals surface area contributed by atoms with Crippen LogP contribution in [0.25, 0.3) is 11.5 Å². The van der Waals surface area contributed by atoms with Crippen LogP contribution in [0.5, 0.6) is 0 Å². The van der Waals surface area contributed by atoms with Crippen LogP contribution >= 0.6 is 39.9 Å². The van der Waals surface area contributed by atoms with Gasteiger partial charge in [0.1, 0.15) is 12.1 Å². The number of hydrogen-bond acceptors (Lipinski definition) is 3. The molecule has 1 N–H and O–H groups in total. The van der Waals surface area contributed by atoms with E-state index >= 15 is 0 Å². The summed E-state index contributed by atoms with van der Waals surface area (Å²) in [6.07, 6.45) is 4.35. The van der Waals surface area contributed by atoms with Gasteiger partial charge in [-0.2, -0.15) is 0 Å². The quantitative estimate of drug-likeness (QED) is 0.268. The largest absolute Gasteiger partial charge is 0.444 e. The summed E-state index contributed by atoms with van der Waals surface area (Å²) in [5.41, 5.74) is 2.76. The zero-order valence-corrected chi connectivity index (χ0v) is 20.4. The predicted molar refractivity (Wildman–Crippen MR) is 127 cm³/mol. The fourth-order valence-corrected chi connectivity index (χ4v) is 3.45. The van der Waals surface area contributed by atoms with Crippen LogP contribution < -0.4 is 5.32 Å². The molecule has 0 amide bonds. The molecule has 0 atom stereocenters. The molecule has 2 heterocycles. The molecule has 3 rings (SSSR count). The summed E-state index contributed by atoms with van der Waals surface area (Å²) in [6.45, 7) is 1.41. The Kier molecular flexibility index (Phi) is 8.69. The predicted octanol–water partition coefficient (Wildman–Crippen LogP) is 4.45. The lowest BCUT2D eigenvalue weighted by Gasteiger charge is -2.22. The molecule has 156 valence electrons. The molecule has 0 radical (unpaired) electrons. The van der Waals surface area contributed by atoms with Crippen molar-refractivity contribution in [2.75, 3.05) is 20.6 Å². The molecular formula is C20H24BrFIN5O. The van der Waals surface area contributed by atoms with Crippen LogP contribution in [0, 0.1) is 5.82 Å². The summed E-state index contributed by atoms with van der Waals surface area (Å²) in [7, 11) is 5.79. The zero-order chi connectivity index (χ0) is 20.1. The van der Waals surface area contributed by atoms with Crippen molar-refractivity contribution in [3.8, 4) is 11.5 Å². The van der Waals surface area contributed by atoms with Gasteiger partial charge in [0.05, 0.1) is 12.2 Å². The number of guanidine groups is 1. The number of nitrogens with zero attached hydrogens (tertiary/aromatic N) is 4. The van der Waals surface area contributed by atoms with Gasteiger partial charge in [-0.25, -0.2) is 9.37 Å². The average Bonchev–Trinajstić information content (AvgIpc) is 3.25. The Morgan fingerprint density at radius 2 is 2.07 bits per heavy atom. The van der Waals surface area contributed by atoms with Crippen molar-refractivity contribution in [1.82, 2.24) is 19.8 Å². The van der Waals surface area contributed by atoms with Gasteiger partial charge in [0.25, 0.3) is 0 Å². The first kappa shape index (κ1) is 23.4. The van der Waals surface area contributed by atoms with Crippen molar-refractivity contribution in [3.05, 3.63) is 64.5 Å². The van der Waals surface area contributed by atoms with Crippen molar-refractivity contribution in [2.45, 2.75) is 13.0 Å². The van der Waals surface area contributed by atoms with E-state index in [1.807, 2.05) is 20.3 Å². The highest BCUT2D eigenvalue weighted by Crippen LogP contribution is 2.19. The summed E-state index contributed by atoms with van der Waals surface area (Å²) in [6, 6.07) is 8.19. The lowest BCUT2D eigenvalue weighted by molar-refractivity contribution is 0.462. The molecule has 0 aliphatic carbocycles.